The molecule has 1 aromatic carbocycles. The lowest BCUT2D eigenvalue weighted by Gasteiger charge is -2.30. The minimum absolute atomic E-state index is 0.242. The van der Waals surface area contributed by atoms with Crippen molar-refractivity contribution in [3.05, 3.63) is 36.0 Å². The van der Waals surface area contributed by atoms with Crippen LogP contribution in [0.3, 0.4) is 0 Å². The van der Waals surface area contributed by atoms with Gasteiger partial charge in [-0.3, -0.25) is 4.79 Å². The molecule has 0 amide bonds. The fourth-order valence-corrected chi connectivity index (χ4v) is 3.36. The minimum atomic E-state index is -0.242. The molecule has 0 spiro atoms. The van der Waals surface area contributed by atoms with E-state index < -0.39 is 0 Å². The topological polar surface area (TPSA) is 44.9 Å². The van der Waals surface area contributed by atoms with Crippen molar-refractivity contribution in [2.75, 3.05) is 13.1 Å². The summed E-state index contributed by atoms with van der Waals surface area (Å²) in [7, 11) is 0. The fraction of sp³-hybridized carbons (Fsp3) is 0.526. The van der Waals surface area contributed by atoms with Crippen LogP contribution in [0.25, 0.3) is 10.9 Å². The number of H-pyrrole nitrogens is 1. The Morgan fingerprint density at radius 1 is 1.27 bits per heavy atom. The number of aromatic nitrogens is 1. The molecule has 22 heavy (non-hydrogen) atoms. The molecule has 0 radical (unpaired) electrons. The van der Waals surface area contributed by atoms with Crippen molar-refractivity contribution in [2.45, 2.75) is 40.0 Å². The smallest absolute Gasteiger partial charge is 0.186 e. The number of carbonyl (C=O) groups excluding carboxylic acids is 1. The largest absolute Gasteiger partial charge is 0.352 e. The van der Waals surface area contributed by atoms with Crippen LogP contribution in [0.1, 0.15) is 50.5 Å². The average molecular weight is 298 g/mol. The maximum Gasteiger partial charge on any atom is 0.186 e. The van der Waals surface area contributed by atoms with Crippen molar-refractivity contribution in [2.24, 2.45) is 10.8 Å². The number of ketones is 1. The lowest BCUT2D eigenvalue weighted by atomic mass is 9.73. The maximum absolute atomic E-state index is 13.2. The van der Waals surface area contributed by atoms with Crippen molar-refractivity contribution in [3.63, 3.8) is 0 Å². The Kier molecular flexibility index (Phi) is 3.85. The van der Waals surface area contributed by atoms with Crippen molar-refractivity contribution in [3.8, 4) is 0 Å². The van der Waals surface area contributed by atoms with Crippen LogP contribution in [0.2, 0.25) is 0 Å². The molecule has 0 aliphatic carbocycles. The Hall–Kier alpha value is -1.61. The third-order valence-electron chi connectivity index (χ3n) is 4.85. The van der Waals surface area contributed by atoms with Crippen LogP contribution in [0.5, 0.6) is 0 Å². The first-order valence-corrected chi connectivity index (χ1v) is 8.23. The molecule has 2 N–H and O–H groups in total. The molecule has 1 aliphatic heterocycles. The van der Waals surface area contributed by atoms with Gasteiger partial charge in [-0.05, 0) is 43.4 Å². The molecule has 1 saturated heterocycles. The summed E-state index contributed by atoms with van der Waals surface area (Å²) in [6, 6.07) is 10.1. The predicted molar refractivity (Wildman–Crippen MR) is 91.2 cm³/mol. The summed E-state index contributed by atoms with van der Waals surface area (Å²) in [6.07, 6.45) is 2.97. The summed E-state index contributed by atoms with van der Waals surface area (Å²) in [6.45, 7) is 8.48. The number of carbonyl (C=O) groups is 1. The predicted octanol–water partition coefficient (Wildman–Crippen LogP) is 4.16. The highest BCUT2D eigenvalue weighted by Crippen LogP contribution is 2.38. The number of benzene rings is 1. The molecule has 1 aromatic heterocycles. The number of Topliss-reactive ketones (excluding diaryl/α,β-unsaturated/α-hetero) is 1. The van der Waals surface area contributed by atoms with Crippen LogP contribution in [0, 0.1) is 10.8 Å². The number of hydrogen-bond donors (Lipinski definition) is 2. The van der Waals surface area contributed by atoms with E-state index in [1.807, 2.05) is 24.3 Å². The summed E-state index contributed by atoms with van der Waals surface area (Å²) in [5.74, 6) is 0.276. The number of fused-ring (bicyclic) bond motifs is 1. The Labute approximate surface area is 132 Å². The van der Waals surface area contributed by atoms with Crippen LogP contribution in [0.4, 0.5) is 0 Å². The van der Waals surface area contributed by atoms with Gasteiger partial charge in [-0.2, -0.15) is 0 Å². The Bertz CT molecular complexity index is 639. The van der Waals surface area contributed by atoms with Crippen molar-refractivity contribution < 1.29 is 4.79 Å². The van der Waals surface area contributed by atoms with Gasteiger partial charge in [0, 0.05) is 22.9 Å². The molecule has 1 aliphatic rings. The van der Waals surface area contributed by atoms with E-state index >= 15 is 0 Å². The second kappa shape index (κ2) is 5.54. The summed E-state index contributed by atoms with van der Waals surface area (Å²) in [5.41, 5.74) is 1.83. The summed E-state index contributed by atoms with van der Waals surface area (Å²) in [4.78, 5) is 16.5. The fourth-order valence-electron chi connectivity index (χ4n) is 3.36. The van der Waals surface area contributed by atoms with Crippen LogP contribution in [-0.4, -0.2) is 23.9 Å². The molecular weight excluding hydrogens is 272 g/mol. The zero-order chi connectivity index (χ0) is 15.8. The highest BCUT2D eigenvalue weighted by Gasteiger charge is 2.42. The molecule has 2 aromatic rings. The first kappa shape index (κ1) is 15.3. The molecule has 0 bridgehead atoms. The van der Waals surface area contributed by atoms with E-state index in [1.165, 1.54) is 0 Å². The zero-order valence-corrected chi connectivity index (χ0v) is 13.8. The van der Waals surface area contributed by atoms with Crippen molar-refractivity contribution in [1.82, 2.24) is 10.3 Å². The second-order valence-corrected chi connectivity index (χ2v) is 7.87. The molecule has 3 rings (SSSR count). The van der Waals surface area contributed by atoms with E-state index in [0.29, 0.717) is 0 Å². The van der Waals surface area contributed by atoms with E-state index in [4.69, 9.17) is 0 Å². The monoisotopic (exact) mass is 298 g/mol. The van der Waals surface area contributed by atoms with Crippen molar-refractivity contribution in [1.29, 1.82) is 0 Å². The molecule has 1 fully saturated rings. The quantitative estimate of drug-likeness (QED) is 0.833. The van der Waals surface area contributed by atoms with Crippen LogP contribution < -0.4 is 5.32 Å². The summed E-state index contributed by atoms with van der Waals surface area (Å²) in [5, 5.41) is 4.51. The van der Waals surface area contributed by atoms with E-state index in [9.17, 15) is 4.79 Å². The number of rotatable bonds is 4. The van der Waals surface area contributed by atoms with E-state index in [-0.39, 0.29) is 16.6 Å². The third kappa shape index (κ3) is 2.95. The van der Waals surface area contributed by atoms with Gasteiger partial charge in [0.1, 0.15) is 0 Å². The minimum Gasteiger partial charge on any atom is -0.352 e. The number of aromatic amines is 1. The van der Waals surface area contributed by atoms with Crippen LogP contribution in [-0.2, 0) is 0 Å². The molecular formula is C19H26N2O. The first-order valence-electron chi connectivity index (χ1n) is 8.23. The van der Waals surface area contributed by atoms with Crippen molar-refractivity contribution >= 4 is 16.7 Å². The number of nitrogens with one attached hydrogen (secondary N) is 2. The van der Waals surface area contributed by atoms with Crippen LogP contribution in [0.15, 0.2) is 30.3 Å². The second-order valence-electron chi connectivity index (χ2n) is 7.87. The van der Waals surface area contributed by atoms with Gasteiger partial charge in [0.2, 0.25) is 0 Å². The van der Waals surface area contributed by atoms with E-state index in [1.54, 1.807) is 0 Å². The Morgan fingerprint density at radius 2 is 2.05 bits per heavy atom. The number of hydrogen-bond acceptors (Lipinski definition) is 2. The summed E-state index contributed by atoms with van der Waals surface area (Å²) < 4.78 is 0. The number of para-hydroxylation sites is 1. The van der Waals surface area contributed by atoms with Crippen LogP contribution >= 0.6 is 0 Å². The molecule has 0 saturated carbocycles. The van der Waals surface area contributed by atoms with Gasteiger partial charge in [0.05, 0.1) is 5.69 Å². The standard InChI is InChI=1S/C19H26N2O/c1-18(2,3)8-9-19(10-11-20-13-19)17(22)16-12-14-6-4-5-7-15(14)21-16/h4-7,12,20-21H,8-11,13H2,1-3H3. The lowest BCUT2D eigenvalue weighted by Crippen LogP contribution is -2.35. The maximum atomic E-state index is 13.2. The van der Waals surface area contributed by atoms with Gasteiger partial charge in [0.15, 0.2) is 5.78 Å². The zero-order valence-electron chi connectivity index (χ0n) is 13.8. The van der Waals surface area contributed by atoms with E-state index in [2.05, 4.69) is 37.1 Å². The molecule has 118 valence electrons. The van der Waals surface area contributed by atoms with Gasteiger partial charge in [0.25, 0.3) is 0 Å². The molecule has 3 heteroatoms. The molecule has 1 unspecified atom stereocenters. The SMILES string of the molecule is CC(C)(C)CCC1(C(=O)c2cc3ccccc3[nH]2)CCNC1. The third-order valence-corrected chi connectivity index (χ3v) is 4.85. The average Bonchev–Trinajstić information content (AvgIpc) is 3.11. The highest BCUT2D eigenvalue weighted by atomic mass is 16.1. The highest BCUT2D eigenvalue weighted by molar-refractivity contribution is 6.03. The lowest BCUT2D eigenvalue weighted by molar-refractivity contribution is 0.0779. The normalized spacial score (nSPS) is 22.3. The Morgan fingerprint density at radius 3 is 2.68 bits per heavy atom. The first-order chi connectivity index (χ1) is 10.4. The van der Waals surface area contributed by atoms with Gasteiger partial charge in [-0.1, -0.05) is 39.0 Å². The van der Waals surface area contributed by atoms with Gasteiger partial charge >= 0.3 is 0 Å². The Balaban J connectivity index is 1.89. The van der Waals surface area contributed by atoms with Gasteiger partial charge in [-0.15, -0.1) is 0 Å². The van der Waals surface area contributed by atoms with Gasteiger partial charge < -0.3 is 10.3 Å². The molecule has 3 nitrogen and oxygen atoms in total. The molecule has 2 heterocycles. The molecule has 1 atom stereocenters. The van der Waals surface area contributed by atoms with Gasteiger partial charge in [-0.25, -0.2) is 0 Å². The summed E-state index contributed by atoms with van der Waals surface area (Å²) >= 11 is 0. The van der Waals surface area contributed by atoms with E-state index in [0.717, 1.165) is 48.9 Å².